The van der Waals surface area contributed by atoms with Crippen LogP contribution in [-0.2, 0) is 6.42 Å². The predicted octanol–water partition coefficient (Wildman–Crippen LogP) is 8.86. The van der Waals surface area contributed by atoms with E-state index >= 15 is 4.39 Å². The van der Waals surface area contributed by atoms with Crippen LogP contribution in [0.3, 0.4) is 0 Å². The van der Waals surface area contributed by atoms with Gasteiger partial charge in [-0.05, 0) is 87.1 Å². The van der Waals surface area contributed by atoms with Gasteiger partial charge in [0.05, 0.1) is 45.3 Å². The number of carbonyl (C=O) groups excluding carboxylic acids is 1. The van der Waals surface area contributed by atoms with E-state index in [-0.39, 0.29) is 41.1 Å². The summed E-state index contributed by atoms with van der Waals surface area (Å²) >= 11 is 13.1. The fraction of sp³-hybridized carbons (Fsp3) is 0.333. The molecule has 252 valence electrons. The fourth-order valence-electron chi connectivity index (χ4n) is 8.38. The summed E-state index contributed by atoms with van der Waals surface area (Å²) in [4.78, 5) is 22.7. The molecule has 4 atom stereocenters. The summed E-state index contributed by atoms with van der Waals surface area (Å²) in [7, 11) is 0. The van der Waals surface area contributed by atoms with Gasteiger partial charge in [0.15, 0.2) is 5.82 Å². The number of aryl methyl sites for hydroxylation is 2. The van der Waals surface area contributed by atoms with E-state index in [1.165, 1.54) is 0 Å². The number of amides is 2. The molecule has 2 amide bonds. The van der Waals surface area contributed by atoms with Gasteiger partial charge in [-0.2, -0.15) is 10.5 Å². The first kappa shape index (κ1) is 32.5. The molecular formula is C39H34Cl2FN7O. The van der Waals surface area contributed by atoms with E-state index in [0.717, 1.165) is 41.7 Å². The summed E-state index contributed by atoms with van der Waals surface area (Å²) < 4.78 is 19.4. The lowest BCUT2D eigenvalue weighted by Gasteiger charge is -2.42. The van der Waals surface area contributed by atoms with E-state index in [9.17, 15) is 15.3 Å². The Morgan fingerprint density at radius 3 is 2.60 bits per heavy atom. The number of nitrogens with one attached hydrogen (secondary N) is 1. The van der Waals surface area contributed by atoms with E-state index in [1.54, 1.807) is 35.2 Å². The number of nitrogens with zero attached hydrogens (tertiary/aromatic N) is 6. The van der Waals surface area contributed by atoms with Crippen LogP contribution in [0.1, 0.15) is 60.8 Å². The molecule has 5 aromatic rings. The Labute approximate surface area is 299 Å². The Balaban J connectivity index is 1.32. The van der Waals surface area contributed by atoms with Crippen molar-refractivity contribution in [2.45, 2.75) is 57.7 Å². The molecular weight excluding hydrogens is 672 g/mol. The highest BCUT2D eigenvalue weighted by molar-refractivity contribution is 6.43. The molecule has 50 heavy (non-hydrogen) atoms. The molecule has 9 rings (SSSR count). The Hall–Kier alpha value is -4.67. The molecule has 2 aromatic heterocycles. The van der Waals surface area contributed by atoms with E-state index in [2.05, 4.69) is 35.0 Å². The molecule has 3 aliphatic heterocycles. The minimum absolute atomic E-state index is 0.0902. The zero-order chi connectivity index (χ0) is 34.8. The highest BCUT2D eigenvalue weighted by Gasteiger charge is 2.49. The van der Waals surface area contributed by atoms with Crippen molar-refractivity contribution >= 4 is 56.7 Å². The first-order valence-electron chi connectivity index (χ1n) is 17.0. The van der Waals surface area contributed by atoms with Crippen LogP contribution in [0.2, 0.25) is 10.0 Å². The molecule has 4 aliphatic rings. The third-order valence-corrected chi connectivity index (χ3v) is 11.7. The number of aromatic nitrogens is 2. The average Bonchev–Trinajstić information content (AvgIpc) is 3.86. The van der Waals surface area contributed by atoms with Gasteiger partial charge >= 0.3 is 6.03 Å². The molecule has 0 radical (unpaired) electrons. The maximum absolute atomic E-state index is 17.1. The van der Waals surface area contributed by atoms with Crippen molar-refractivity contribution in [3.63, 3.8) is 0 Å². The van der Waals surface area contributed by atoms with Crippen LogP contribution in [-0.4, -0.2) is 46.2 Å². The largest absolute Gasteiger partial charge is 0.337 e. The Kier molecular flexibility index (Phi) is 8.19. The van der Waals surface area contributed by atoms with Gasteiger partial charge in [0.2, 0.25) is 0 Å². The first-order valence-corrected chi connectivity index (χ1v) is 17.8. The molecule has 1 aliphatic carbocycles. The number of hydrogen-bond donors (Lipinski definition) is 1. The Morgan fingerprint density at radius 2 is 1.90 bits per heavy atom. The second-order valence-electron chi connectivity index (χ2n) is 13.6. The van der Waals surface area contributed by atoms with E-state index < -0.39 is 5.82 Å². The second kappa shape index (κ2) is 12.6. The average molecular weight is 707 g/mol. The molecule has 2 bridgehead atoms. The number of benzene rings is 3. The lowest BCUT2D eigenvalue weighted by Crippen LogP contribution is -2.51. The van der Waals surface area contributed by atoms with Crippen LogP contribution in [0.15, 0.2) is 54.6 Å². The maximum atomic E-state index is 17.1. The summed E-state index contributed by atoms with van der Waals surface area (Å²) in [5.41, 5.74) is 5.55. The summed E-state index contributed by atoms with van der Waals surface area (Å²) in [5.74, 6) is -0.0874. The topological polar surface area (TPSA) is 101 Å². The third-order valence-electron chi connectivity index (χ3n) is 10.9. The van der Waals surface area contributed by atoms with Gasteiger partial charge in [-0.1, -0.05) is 35.3 Å². The zero-order valence-corrected chi connectivity index (χ0v) is 29.2. The van der Waals surface area contributed by atoms with Gasteiger partial charge in [0.1, 0.15) is 5.52 Å². The standard InChI is InChI=1S/C39H34Cl2FN7O/c1-21-28-18-32(22(2)47-14-5-15-48(39(47)50)26-11-9-23(19-44)10-12-26)49(37-25-17-31(37)45-20-25)38(28)29-16-24(6-4-13-43)33(35(42)36(29)46-21)27-7-3-8-30(40)34(27)41/h3,7-12,16,18,22,25,31,37,45H,4-6,14-15,17,20H2,1-2H3. The number of urea groups is 1. The number of carbonyl (C=O) groups is 1. The van der Waals surface area contributed by atoms with Gasteiger partial charge in [-0.3, -0.25) is 4.90 Å². The van der Waals surface area contributed by atoms with Crippen molar-refractivity contribution < 1.29 is 9.18 Å². The lowest BCUT2D eigenvalue weighted by molar-refractivity contribution is 0.165. The lowest BCUT2D eigenvalue weighted by atomic mass is 9.79. The van der Waals surface area contributed by atoms with Gasteiger partial charge < -0.3 is 14.8 Å². The molecule has 0 spiro atoms. The van der Waals surface area contributed by atoms with Crippen LogP contribution in [0, 0.1) is 41.3 Å². The number of pyridine rings is 1. The Bertz CT molecular complexity index is 2280. The second-order valence-corrected chi connectivity index (χ2v) is 14.4. The number of halogens is 3. The summed E-state index contributed by atoms with van der Waals surface area (Å²) in [6.45, 7) is 6.06. The van der Waals surface area contributed by atoms with Crippen molar-refractivity contribution in [2.75, 3.05) is 24.5 Å². The minimum atomic E-state index is -0.495. The van der Waals surface area contributed by atoms with Crippen molar-refractivity contribution in [1.82, 2.24) is 19.8 Å². The quantitative estimate of drug-likeness (QED) is 0.182. The number of rotatable bonds is 7. The number of hydrogen-bond acceptors (Lipinski definition) is 5. The monoisotopic (exact) mass is 705 g/mol. The minimum Gasteiger partial charge on any atom is -0.337 e. The summed E-state index contributed by atoms with van der Waals surface area (Å²) in [6.07, 6.45) is 2.38. The van der Waals surface area contributed by atoms with Gasteiger partial charge in [-0.15, -0.1) is 0 Å². The van der Waals surface area contributed by atoms with Crippen molar-refractivity contribution in [1.29, 1.82) is 10.5 Å². The molecule has 3 aromatic carbocycles. The number of nitriles is 2. The smallest absolute Gasteiger partial charge is 0.325 e. The highest BCUT2D eigenvalue weighted by atomic mass is 35.5. The number of fused-ring (bicyclic) bond motifs is 4. The molecule has 4 fully saturated rings. The van der Waals surface area contributed by atoms with Crippen LogP contribution >= 0.6 is 23.2 Å². The Morgan fingerprint density at radius 1 is 1.10 bits per heavy atom. The molecule has 5 heterocycles. The van der Waals surface area contributed by atoms with Crippen LogP contribution in [0.4, 0.5) is 14.9 Å². The highest BCUT2D eigenvalue weighted by Crippen LogP contribution is 2.50. The van der Waals surface area contributed by atoms with Gasteiger partial charge in [-0.25, -0.2) is 14.2 Å². The predicted molar refractivity (Wildman–Crippen MR) is 194 cm³/mol. The molecule has 11 heteroatoms. The van der Waals surface area contributed by atoms with E-state index in [1.807, 2.05) is 30.0 Å². The molecule has 3 saturated heterocycles. The third kappa shape index (κ3) is 5.02. The summed E-state index contributed by atoms with van der Waals surface area (Å²) in [5, 5.41) is 24.7. The SMILES string of the molecule is Cc1nc2c(F)c(-c3cccc(Cl)c3Cl)c(CCC#N)cc2c2c1cc(C(C)N1CCCN(c3ccc(C#N)cc3)C1=O)n2C1C2CNC1C2. The van der Waals surface area contributed by atoms with Gasteiger partial charge in [0, 0.05) is 71.1 Å². The fourth-order valence-corrected chi connectivity index (χ4v) is 8.78. The molecule has 1 saturated carbocycles. The van der Waals surface area contributed by atoms with Gasteiger partial charge in [0.25, 0.3) is 0 Å². The maximum Gasteiger partial charge on any atom is 0.325 e. The van der Waals surface area contributed by atoms with E-state index in [4.69, 9.17) is 28.2 Å². The van der Waals surface area contributed by atoms with Crippen LogP contribution < -0.4 is 10.2 Å². The van der Waals surface area contributed by atoms with Crippen LogP contribution in [0.5, 0.6) is 0 Å². The number of anilines is 1. The van der Waals surface area contributed by atoms with Crippen LogP contribution in [0.25, 0.3) is 32.9 Å². The van der Waals surface area contributed by atoms with Crippen molar-refractivity contribution in [2.24, 2.45) is 5.92 Å². The van der Waals surface area contributed by atoms with Crippen molar-refractivity contribution in [3.05, 3.63) is 93.0 Å². The molecule has 8 nitrogen and oxygen atoms in total. The normalized spacial score (nSPS) is 20.6. The first-order chi connectivity index (χ1) is 24.2. The van der Waals surface area contributed by atoms with E-state index in [0.29, 0.717) is 63.8 Å². The van der Waals surface area contributed by atoms with Crippen molar-refractivity contribution in [3.8, 4) is 23.3 Å². The molecule has 1 N–H and O–H groups in total. The zero-order valence-electron chi connectivity index (χ0n) is 27.7. The molecule has 4 unspecified atom stereocenters. The summed E-state index contributed by atoms with van der Waals surface area (Å²) in [6, 6.07) is 20.8.